The first-order chi connectivity index (χ1) is 16.4. The Bertz CT molecular complexity index is 1370. The van der Waals surface area contributed by atoms with Crippen molar-refractivity contribution >= 4 is 23.0 Å². The highest BCUT2D eigenvalue weighted by Gasteiger charge is 2.28. The summed E-state index contributed by atoms with van der Waals surface area (Å²) in [5.41, 5.74) is 5.94. The predicted molar refractivity (Wildman–Crippen MR) is 131 cm³/mol. The van der Waals surface area contributed by atoms with Crippen LogP contribution in [0, 0.1) is 11.8 Å². The van der Waals surface area contributed by atoms with E-state index in [0.717, 1.165) is 18.7 Å². The molecule has 0 spiro atoms. The Hall–Kier alpha value is -3.84. The van der Waals surface area contributed by atoms with Crippen molar-refractivity contribution in [2.75, 3.05) is 31.1 Å². The monoisotopic (exact) mass is 463 g/mol. The third kappa shape index (κ3) is 4.34. The minimum absolute atomic E-state index is 0.156. The number of amides is 1. The van der Waals surface area contributed by atoms with Crippen molar-refractivity contribution < 1.29 is 4.79 Å². The standard InChI is InChI=1S/C24H29N7O3/c1-3-4-13-29-19-21(27-23(29)28-15-11-26-12-16-28)31(17(2)20(25)32)24(34)30(22(19)33)14-10-18-8-6-5-7-9-18/h5-9,17,26H,10-16H2,1-2H3,(H2,25,32). The van der Waals surface area contributed by atoms with E-state index in [9.17, 15) is 14.4 Å². The molecule has 0 aliphatic carbocycles. The van der Waals surface area contributed by atoms with Crippen molar-refractivity contribution in [3.8, 4) is 11.8 Å². The predicted octanol–water partition coefficient (Wildman–Crippen LogP) is 0.0816. The summed E-state index contributed by atoms with van der Waals surface area (Å²) in [5.74, 6) is 5.76. The second-order valence-electron chi connectivity index (χ2n) is 8.26. The van der Waals surface area contributed by atoms with Crippen LogP contribution in [-0.2, 0) is 24.3 Å². The number of nitrogens with two attached hydrogens (primary N) is 1. The quantitative estimate of drug-likeness (QED) is 0.479. The number of nitrogens with one attached hydrogen (secondary N) is 1. The van der Waals surface area contributed by atoms with E-state index >= 15 is 0 Å². The Morgan fingerprint density at radius 1 is 1.18 bits per heavy atom. The second-order valence-corrected chi connectivity index (χ2v) is 8.26. The van der Waals surface area contributed by atoms with Gasteiger partial charge in [-0.15, -0.1) is 5.92 Å². The number of aryl methyl sites for hydroxylation is 1. The van der Waals surface area contributed by atoms with Crippen LogP contribution >= 0.6 is 0 Å². The lowest BCUT2D eigenvalue weighted by Crippen LogP contribution is -2.45. The fourth-order valence-electron chi connectivity index (χ4n) is 4.22. The number of nitrogens with zero attached hydrogens (tertiary/aromatic N) is 5. The molecule has 1 saturated heterocycles. The largest absolute Gasteiger partial charge is 0.368 e. The number of carbonyl (C=O) groups excluding carboxylic acids is 1. The highest BCUT2D eigenvalue weighted by Crippen LogP contribution is 2.22. The van der Waals surface area contributed by atoms with Gasteiger partial charge in [-0.1, -0.05) is 36.3 Å². The molecule has 3 aromatic rings. The highest BCUT2D eigenvalue weighted by molar-refractivity contribution is 5.81. The van der Waals surface area contributed by atoms with Gasteiger partial charge in [0, 0.05) is 32.7 Å². The molecule has 10 heteroatoms. The van der Waals surface area contributed by atoms with E-state index in [1.54, 1.807) is 18.4 Å². The molecule has 10 nitrogen and oxygen atoms in total. The van der Waals surface area contributed by atoms with Gasteiger partial charge in [0.1, 0.15) is 6.04 Å². The fourth-order valence-corrected chi connectivity index (χ4v) is 4.22. The third-order valence-corrected chi connectivity index (χ3v) is 6.12. The molecule has 3 N–H and O–H groups in total. The SMILES string of the molecule is CC#CCn1c(N2CCNCC2)nc2c1c(=O)n(CCc1ccccc1)c(=O)n2C(C)C(N)=O. The molecular weight excluding hydrogens is 434 g/mol. The summed E-state index contributed by atoms with van der Waals surface area (Å²) in [7, 11) is 0. The van der Waals surface area contributed by atoms with Crippen LogP contribution < -0.4 is 27.2 Å². The number of carbonyl (C=O) groups is 1. The molecule has 0 radical (unpaired) electrons. The number of hydrogen-bond acceptors (Lipinski definition) is 6. The fraction of sp³-hybridized carbons (Fsp3) is 0.417. The first-order valence-electron chi connectivity index (χ1n) is 11.4. The molecule has 4 rings (SSSR count). The van der Waals surface area contributed by atoms with Crippen LogP contribution in [0.3, 0.4) is 0 Å². The minimum atomic E-state index is -0.977. The van der Waals surface area contributed by atoms with E-state index < -0.39 is 23.2 Å². The summed E-state index contributed by atoms with van der Waals surface area (Å²) >= 11 is 0. The molecule has 1 aliphatic rings. The van der Waals surface area contributed by atoms with Gasteiger partial charge in [0.05, 0.1) is 6.54 Å². The van der Waals surface area contributed by atoms with Crippen molar-refractivity contribution in [3.05, 3.63) is 56.7 Å². The molecule has 3 heterocycles. The molecule has 34 heavy (non-hydrogen) atoms. The normalized spacial score (nSPS) is 14.6. The Morgan fingerprint density at radius 3 is 2.53 bits per heavy atom. The summed E-state index contributed by atoms with van der Waals surface area (Å²) in [6.07, 6.45) is 0.486. The van der Waals surface area contributed by atoms with Crippen LogP contribution in [0.2, 0.25) is 0 Å². The van der Waals surface area contributed by atoms with Crippen LogP contribution in [0.15, 0.2) is 39.9 Å². The van der Waals surface area contributed by atoms with Gasteiger partial charge in [-0.25, -0.2) is 4.79 Å². The van der Waals surface area contributed by atoms with Gasteiger partial charge in [0.15, 0.2) is 11.2 Å². The Labute approximate surface area is 197 Å². The molecule has 178 valence electrons. The zero-order chi connectivity index (χ0) is 24.2. The van der Waals surface area contributed by atoms with E-state index in [-0.39, 0.29) is 24.3 Å². The van der Waals surface area contributed by atoms with Gasteiger partial charge in [-0.05, 0) is 25.8 Å². The van der Waals surface area contributed by atoms with Crippen molar-refractivity contribution in [1.29, 1.82) is 0 Å². The molecule has 1 amide bonds. The first kappa shape index (κ1) is 23.3. The third-order valence-electron chi connectivity index (χ3n) is 6.12. The number of aromatic nitrogens is 4. The number of imidazole rings is 1. The van der Waals surface area contributed by atoms with Crippen molar-refractivity contribution in [3.63, 3.8) is 0 Å². The van der Waals surface area contributed by atoms with E-state index in [0.29, 0.717) is 25.5 Å². The average molecular weight is 464 g/mol. The molecular formula is C24H29N7O3. The van der Waals surface area contributed by atoms with Gasteiger partial charge in [-0.3, -0.25) is 23.3 Å². The van der Waals surface area contributed by atoms with E-state index in [1.807, 2.05) is 30.3 Å². The number of anilines is 1. The zero-order valence-electron chi connectivity index (χ0n) is 19.5. The molecule has 1 atom stereocenters. The van der Waals surface area contributed by atoms with Gasteiger partial charge >= 0.3 is 5.69 Å². The van der Waals surface area contributed by atoms with Crippen LogP contribution in [0.4, 0.5) is 5.95 Å². The van der Waals surface area contributed by atoms with Gasteiger partial charge < -0.3 is 16.0 Å². The van der Waals surface area contributed by atoms with Gasteiger partial charge in [0.25, 0.3) is 5.56 Å². The summed E-state index contributed by atoms with van der Waals surface area (Å²) in [6.45, 7) is 6.61. The highest BCUT2D eigenvalue weighted by atomic mass is 16.2. The first-order valence-corrected chi connectivity index (χ1v) is 11.4. The number of benzene rings is 1. The van der Waals surface area contributed by atoms with E-state index in [4.69, 9.17) is 10.7 Å². The van der Waals surface area contributed by atoms with Crippen LogP contribution in [-0.4, -0.2) is 50.8 Å². The minimum Gasteiger partial charge on any atom is -0.368 e. The molecule has 1 aliphatic heterocycles. The van der Waals surface area contributed by atoms with E-state index in [1.165, 1.54) is 9.13 Å². The molecule has 2 aromatic heterocycles. The number of hydrogen-bond donors (Lipinski definition) is 2. The van der Waals surface area contributed by atoms with Crippen LogP contribution in [0.1, 0.15) is 25.5 Å². The average Bonchev–Trinajstić information content (AvgIpc) is 3.23. The maximum Gasteiger partial charge on any atom is 0.333 e. The van der Waals surface area contributed by atoms with Crippen LogP contribution in [0.25, 0.3) is 11.2 Å². The molecule has 1 aromatic carbocycles. The Balaban J connectivity index is 1.96. The maximum atomic E-state index is 13.7. The Morgan fingerprint density at radius 2 is 1.88 bits per heavy atom. The molecule has 0 bridgehead atoms. The maximum absolute atomic E-state index is 13.7. The van der Waals surface area contributed by atoms with Gasteiger partial charge in [-0.2, -0.15) is 4.98 Å². The van der Waals surface area contributed by atoms with Crippen molar-refractivity contribution in [2.24, 2.45) is 5.73 Å². The Kier molecular flexibility index (Phi) is 6.84. The number of fused-ring (bicyclic) bond motifs is 1. The summed E-state index contributed by atoms with van der Waals surface area (Å²) < 4.78 is 4.17. The van der Waals surface area contributed by atoms with E-state index in [2.05, 4.69) is 22.1 Å². The molecule has 1 unspecified atom stereocenters. The molecule has 0 saturated carbocycles. The van der Waals surface area contributed by atoms with Crippen LogP contribution in [0.5, 0.6) is 0 Å². The number of piperazine rings is 1. The number of primary amides is 1. The second kappa shape index (κ2) is 9.97. The van der Waals surface area contributed by atoms with Crippen molar-refractivity contribution in [1.82, 2.24) is 24.0 Å². The molecule has 1 fully saturated rings. The lowest BCUT2D eigenvalue weighted by atomic mass is 10.1. The summed E-state index contributed by atoms with van der Waals surface area (Å²) in [4.78, 5) is 46.1. The van der Waals surface area contributed by atoms with Gasteiger partial charge in [0.2, 0.25) is 11.9 Å². The summed E-state index contributed by atoms with van der Waals surface area (Å²) in [5, 5.41) is 3.30. The zero-order valence-corrected chi connectivity index (χ0v) is 19.5. The van der Waals surface area contributed by atoms with Crippen molar-refractivity contribution in [2.45, 2.75) is 39.4 Å². The lowest BCUT2D eigenvalue weighted by molar-refractivity contribution is -0.120. The smallest absolute Gasteiger partial charge is 0.333 e. The summed E-state index contributed by atoms with van der Waals surface area (Å²) in [6, 6.07) is 8.64. The topological polar surface area (TPSA) is 120 Å². The number of rotatable bonds is 7. The lowest BCUT2D eigenvalue weighted by Gasteiger charge is -2.28.